The van der Waals surface area contributed by atoms with Gasteiger partial charge in [-0.3, -0.25) is 14.7 Å². The zero-order valence-electron chi connectivity index (χ0n) is 19.8. The van der Waals surface area contributed by atoms with Crippen LogP contribution in [0.4, 0.5) is 5.69 Å². The summed E-state index contributed by atoms with van der Waals surface area (Å²) < 4.78 is 5.47. The van der Waals surface area contributed by atoms with Crippen LogP contribution in [0.1, 0.15) is 42.9 Å². The molecule has 3 N–H and O–H groups in total. The Morgan fingerprint density at radius 3 is 2.59 bits per heavy atom. The molecule has 2 aromatic rings. The van der Waals surface area contributed by atoms with Crippen LogP contribution < -0.4 is 16.0 Å². The number of aliphatic imine (C=N–C) groups is 1. The van der Waals surface area contributed by atoms with E-state index in [2.05, 4.69) is 56.2 Å². The lowest BCUT2D eigenvalue weighted by atomic mass is 10.1. The second kappa shape index (κ2) is 13.7. The molecule has 2 fully saturated rings. The monoisotopic (exact) mass is 577 g/mol. The second-order valence-electron chi connectivity index (χ2n) is 8.67. The highest BCUT2D eigenvalue weighted by Gasteiger charge is 2.24. The maximum Gasteiger partial charge on any atom is 0.253 e. The summed E-state index contributed by atoms with van der Waals surface area (Å²) in [5.74, 6) is 0.702. The normalized spacial score (nSPS) is 19.3. The molecule has 2 aliphatic heterocycles. The van der Waals surface area contributed by atoms with Crippen molar-refractivity contribution in [3.8, 4) is 0 Å². The van der Waals surface area contributed by atoms with Crippen molar-refractivity contribution in [3.63, 3.8) is 0 Å². The van der Waals surface area contributed by atoms with Gasteiger partial charge in [0.25, 0.3) is 5.91 Å². The lowest BCUT2D eigenvalue weighted by molar-refractivity contribution is -0.124. The van der Waals surface area contributed by atoms with Crippen LogP contribution in [0.5, 0.6) is 0 Å². The molecular formula is C26H36IN5O2. The molecule has 0 spiro atoms. The molecule has 0 bridgehead atoms. The van der Waals surface area contributed by atoms with Gasteiger partial charge in [-0.15, -0.1) is 24.0 Å². The zero-order valence-corrected chi connectivity index (χ0v) is 22.2. The van der Waals surface area contributed by atoms with E-state index in [-0.39, 0.29) is 36.0 Å². The van der Waals surface area contributed by atoms with Crippen molar-refractivity contribution in [3.05, 3.63) is 65.7 Å². The van der Waals surface area contributed by atoms with E-state index < -0.39 is 0 Å². The number of nitrogens with one attached hydrogen (secondary N) is 3. The number of anilines is 1. The Kier molecular flexibility index (Phi) is 10.6. The van der Waals surface area contributed by atoms with E-state index in [1.54, 1.807) is 7.05 Å². The highest BCUT2D eigenvalue weighted by molar-refractivity contribution is 14.0. The molecule has 34 heavy (non-hydrogen) atoms. The second-order valence-corrected chi connectivity index (χ2v) is 8.67. The molecule has 2 aliphatic rings. The number of amides is 1. The first-order chi connectivity index (χ1) is 16.2. The van der Waals surface area contributed by atoms with Gasteiger partial charge in [0.1, 0.15) is 6.10 Å². The van der Waals surface area contributed by atoms with E-state index in [1.165, 1.54) is 18.4 Å². The summed E-state index contributed by atoms with van der Waals surface area (Å²) in [6.45, 7) is 4.34. The number of guanidine groups is 1. The van der Waals surface area contributed by atoms with Gasteiger partial charge in [0.05, 0.1) is 6.04 Å². The standard InChI is InChI=1S/C26H35N5O2.HI/c1-27-26(29-19-23(31-14-5-6-15-31)21-10-3-2-4-11-21)28-18-20-9-7-12-22(17-20)30-25(32)24-13-8-16-33-24;/h2-4,7,9-12,17,23-24H,5-6,8,13-16,18-19H2,1H3,(H,30,32)(H2,27,28,29);1H. The highest BCUT2D eigenvalue weighted by atomic mass is 127. The Labute approximate surface area is 219 Å². The lowest BCUT2D eigenvalue weighted by Gasteiger charge is -2.29. The van der Waals surface area contributed by atoms with E-state index in [0.717, 1.165) is 49.7 Å². The first kappa shape index (κ1) is 26.4. The van der Waals surface area contributed by atoms with Crippen LogP contribution in [-0.2, 0) is 16.1 Å². The maximum atomic E-state index is 12.3. The third-order valence-electron chi connectivity index (χ3n) is 6.33. The maximum absolute atomic E-state index is 12.3. The van der Waals surface area contributed by atoms with Gasteiger partial charge in [-0.1, -0.05) is 42.5 Å². The predicted octanol–water partition coefficient (Wildman–Crippen LogP) is 3.92. The quantitative estimate of drug-likeness (QED) is 0.252. The summed E-state index contributed by atoms with van der Waals surface area (Å²) in [5, 5.41) is 9.88. The molecule has 7 nitrogen and oxygen atoms in total. The average Bonchev–Trinajstić information content (AvgIpc) is 3.57. The van der Waals surface area contributed by atoms with Crippen molar-refractivity contribution >= 4 is 41.5 Å². The minimum absolute atomic E-state index is 0. The van der Waals surface area contributed by atoms with Crippen molar-refractivity contribution in [2.75, 3.05) is 38.6 Å². The van der Waals surface area contributed by atoms with Crippen LogP contribution in [0.3, 0.4) is 0 Å². The smallest absolute Gasteiger partial charge is 0.253 e. The fourth-order valence-electron chi connectivity index (χ4n) is 4.55. The number of hydrogen-bond acceptors (Lipinski definition) is 4. The average molecular weight is 578 g/mol. The number of hydrogen-bond donors (Lipinski definition) is 3. The van der Waals surface area contributed by atoms with Crippen molar-refractivity contribution in [2.24, 2.45) is 4.99 Å². The molecule has 184 valence electrons. The van der Waals surface area contributed by atoms with Gasteiger partial charge in [0.2, 0.25) is 0 Å². The topological polar surface area (TPSA) is 78.0 Å². The number of ether oxygens (including phenoxy) is 1. The molecular weight excluding hydrogens is 541 g/mol. The SMILES string of the molecule is CN=C(NCc1cccc(NC(=O)C2CCCO2)c1)NCC(c1ccccc1)N1CCCC1.I. The first-order valence-corrected chi connectivity index (χ1v) is 12.0. The number of carbonyl (C=O) groups excluding carboxylic acids is 1. The van der Waals surface area contributed by atoms with Gasteiger partial charge in [-0.25, -0.2) is 0 Å². The summed E-state index contributed by atoms with van der Waals surface area (Å²) in [7, 11) is 1.79. The van der Waals surface area contributed by atoms with Gasteiger partial charge in [0.15, 0.2) is 5.96 Å². The number of rotatable bonds is 8. The highest BCUT2D eigenvalue weighted by Crippen LogP contribution is 2.24. The van der Waals surface area contributed by atoms with Crippen LogP contribution in [0.15, 0.2) is 59.6 Å². The Morgan fingerprint density at radius 1 is 1.09 bits per heavy atom. The molecule has 0 aliphatic carbocycles. The minimum atomic E-state index is -0.331. The molecule has 1 amide bonds. The molecule has 2 saturated heterocycles. The minimum Gasteiger partial charge on any atom is -0.368 e. The fraction of sp³-hybridized carbons (Fsp3) is 0.462. The lowest BCUT2D eigenvalue weighted by Crippen LogP contribution is -2.42. The van der Waals surface area contributed by atoms with Crippen LogP contribution >= 0.6 is 24.0 Å². The number of halogens is 1. The summed E-state index contributed by atoms with van der Waals surface area (Å²) in [5.41, 5.74) is 3.19. The third-order valence-corrected chi connectivity index (χ3v) is 6.33. The Morgan fingerprint density at radius 2 is 1.88 bits per heavy atom. The van der Waals surface area contributed by atoms with Crippen molar-refractivity contribution in [1.29, 1.82) is 0 Å². The number of benzene rings is 2. The molecule has 0 saturated carbocycles. The van der Waals surface area contributed by atoms with Gasteiger partial charge >= 0.3 is 0 Å². The third kappa shape index (κ3) is 7.41. The number of nitrogens with zero attached hydrogens (tertiary/aromatic N) is 2. The van der Waals surface area contributed by atoms with Crippen LogP contribution in [0.2, 0.25) is 0 Å². The first-order valence-electron chi connectivity index (χ1n) is 12.0. The zero-order chi connectivity index (χ0) is 22.9. The molecule has 8 heteroatoms. The fourth-order valence-corrected chi connectivity index (χ4v) is 4.55. The predicted molar refractivity (Wildman–Crippen MR) is 148 cm³/mol. The van der Waals surface area contributed by atoms with Crippen LogP contribution in [0, 0.1) is 0 Å². The van der Waals surface area contributed by atoms with Crippen molar-refractivity contribution in [1.82, 2.24) is 15.5 Å². The van der Waals surface area contributed by atoms with Crippen molar-refractivity contribution in [2.45, 2.75) is 44.4 Å². The summed E-state index contributed by atoms with van der Waals surface area (Å²) in [6.07, 6.45) is 3.92. The Bertz CT molecular complexity index is 928. The molecule has 4 rings (SSSR count). The van der Waals surface area contributed by atoms with Gasteiger partial charge < -0.3 is 20.7 Å². The largest absolute Gasteiger partial charge is 0.368 e. The molecule has 0 aromatic heterocycles. The molecule has 0 radical (unpaired) electrons. The Balaban J connectivity index is 0.00000324. The molecule has 2 heterocycles. The van der Waals surface area contributed by atoms with Gasteiger partial charge in [-0.2, -0.15) is 0 Å². The van der Waals surface area contributed by atoms with E-state index >= 15 is 0 Å². The van der Waals surface area contributed by atoms with Gasteiger partial charge in [0, 0.05) is 32.4 Å². The number of likely N-dealkylation sites (tertiary alicyclic amines) is 1. The summed E-state index contributed by atoms with van der Waals surface area (Å²) in [6, 6.07) is 18.9. The summed E-state index contributed by atoms with van der Waals surface area (Å²) in [4.78, 5) is 19.3. The van der Waals surface area contributed by atoms with Crippen LogP contribution in [0.25, 0.3) is 0 Å². The molecule has 2 atom stereocenters. The molecule has 2 unspecified atom stereocenters. The van der Waals surface area contributed by atoms with E-state index in [4.69, 9.17) is 4.74 Å². The molecule has 2 aromatic carbocycles. The van der Waals surface area contributed by atoms with E-state index in [1.807, 2.05) is 24.3 Å². The van der Waals surface area contributed by atoms with E-state index in [9.17, 15) is 4.79 Å². The van der Waals surface area contributed by atoms with E-state index in [0.29, 0.717) is 19.2 Å². The summed E-state index contributed by atoms with van der Waals surface area (Å²) >= 11 is 0. The van der Waals surface area contributed by atoms with Crippen LogP contribution in [-0.4, -0.2) is 56.2 Å². The van der Waals surface area contributed by atoms with Gasteiger partial charge in [-0.05, 0) is 62.0 Å². The number of carbonyl (C=O) groups is 1. The van der Waals surface area contributed by atoms with Crippen molar-refractivity contribution < 1.29 is 9.53 Å². The Hall–Kier alpha value is -2.17.